The lowest BCUT2D eigenvalue weighted by molar-refractivity contribution is 0.146. The summed E-state index contributed by atoms with van der Waals surface area (Å²) in [6, 6.07) is 4.19. The SMILES string of the molecule is CCOCCCN=C(NN)NCCc1cccs1. The standard InChI is InChI=1S/C12H22N4OS/c1-2-17-9-4-7-14-12(16-13)15-8-6-11-5-3-10-18-11/h3,5,10H,2,4,6-9,13H2,1H3,(H2,14,15,16). The Morgan fingerprint density at radius 1 is 1.56 bits per heavy atom. The molecule has 1 aromatic rings. The first-order valence-corrected chi connectivity index (χ1v) is 7.09. The molecular formula is C12H22N4OS. The second kappa shape index (κ2) is 9.87. The van der Waals surface area contributed by atoms with Crippen molar-refractivity contribution in [1.29, 1.82) is 0 Å². The summed E-state index contributed by atoms with van der Waals surface area (Å²) < 4.78 is 5.24. The number of aliphatic imine (C=N–C) groups is 1. The Labute approximate surface area is 112 Å². The Morgan fingerprint density at radius 3 is 3.11 bits per heavy atom. The van der Waals surface area contributed by atoms with Crippen molar-refractivity contribution >= 4 is 17.3 Å². The van der Waals surface area contributed by atoms with Crippen molar-refractivity contribution in [3.8, 4) is 0 Å². The first kappa shape index (κ1) is 14.9. The van der Waals surface area contributed by atoms with E-state index < -0.39 is 0 Å². The number of rotatable bonds is 8. The van der Waals surface area contributed by atoms with Crippen LogP contribution in [0, 0.1) is 0 Å². The maximum absolute atomic E-state index is 5.40. The van der Waals surface area contributed by atoms with Crippen molar-refractivity contribution in [2.24, 2.45) is 10.8 Å². The molecule has 102 valence electrons. The smallest absolute Gasteiger partial charge is 0.205 e. The van der Waals surface area contributed by atoms with Gasteiger partial charge in [0, 0.05) is 31.2 Å². The van der Waals surface area contributed by atoms with Crippen molar-refractivity contribution < 1.29 is 4.74 Å². The van der Waals surface area contributed by atoms with E-state index in [2.05, 4.69) is 33.2 Å². The van der Waals surface area contributed by atoms with Crippen LogP contribution in [0.15, 0.2) is 22.5 Å². The minimum atomic E-state index is 0.642. The molecule has 18 heavy (non-hydrogen) atoms. The van der Waals surface area contributed by atoms with Gasteiger partial charge in [0.15, 0.2) is 0 Å². The quantitative estimate of drug-likeness (QED) is 0.218. The first-order valence-electron chi connectivity index (χ1n) is 6.22. The second-order valence-electron chi connectivity index (χ2n) is 3.68. The fraction of sp³-hybridized carbons (Fsp3) is 0.583. The minimum absolute atomic E-state index is 0.642. The molecule has 4 N–H and O–H groups in total. The zero-order valence-corrected chi connectivity index (χ0v) is 11.6. The highest BCUT2D eigenvalue weighted by Gasteiger charge is 1.97. The number of thiophene rings is 1. The van der Waals surface area contributed by atoms with Crippen molar-refractivity contribution in [2.75, 3.05) is 26.3 Å². The fourth-order valence-corrected chi connectivity index (χ4v) is 2.12. The van der Waals surface area contributed by atoms with Crippen LogP contribution in [-0.4, -0.2) is 32.3 Å². The van der Waals surface area contributed by atoms with Crippen LogP contribution in [0.3, 0.4) is 0 Å². The molecule has 0 saturated carbocycles. The zero-order chi connectivity index (χ0) is 13.1. The summed E-state index contributed by atoms with van der Waals surface area (Å²) in [4.78, 5) is 5.68. The van der Waals surface area contributed by atoms with Crippen molar-refractivity contribution in [3.63, 3.8) is 0 Å². The second-order valence-corrected chi connectivity index (χ2v) is 4.71. The van der Waals surface area contributed by atoms with Crippen LogP contribution in [0.4, 0.5) is 0 Å². The Kier molecular flexibility index (Phi) is 8.20. The van der Waals surface area contributed by atoms with E-state index >= 15 is 0 Å². The molecule has 0 bridgehead atoms. The number of guanidine groups is 1. The van der Waals surface area contributed by atoms with Gasteiger partial charge in [-0.1, -0.05) is 6.07 Å². The van der Waals surface area contributed by atoms with E-state index in [-0.39, 0.29) is 0 Å². The van der Waals surface area contributed by atoms with Gasteiger partial charge in [-0.05, 0) is 31.2 Å². The lowest BCUT2D eigenvalue weighted by Crippen LogP contribution is -2.42. The Balaban J connectivity index is 2.14. The third-order valence-electron chi connectivity index (χ3n) is 2.30. The molecule has 0 amide bonds. The highest BCUT2D eigenvalue weighted by molar-refractivity contribution is 7.09. The molecule has 1 aromatic heterocycles. The van der Waals surface area contributed by atoms with Gasteiger partial charge in [-0.2, -0.15) is 0 Å². The normalized spacial score (nSPS) is 11.6. The van der Waals surface area contributed by atoms with E-state index in [4.69, 9.17) is 10.6 Å². The molecular weight excluding hydrogens is 248 g/mol. The number of nitrogens with one attached hydrogen (secondary N) is 2. The van der Waals surface area contributed by atoms with Crippen LogP contribution in [0.1, 0.15) is 18.2 Å². The van der Waals surface area contributed by atoms with Gasteiger partial charge in [-0.3, -0.25) is 10.4 Å². The summed E-state index contributed by atoms with van der Waals surface area (Å²) in [5.74, 6) is 6.04. The van der Waals surface area contributed by atoms with Gasteiger partial charge >= 0.3 is 0 Å². The molecule has 0 unspecified atom stereocenters. The van der Waals surface area contributed by atoms with E-state index in [0.29, 0.717) is 12.5 Å². The molecule has 0 aliphatic heterocycles. The maximum atomic E-state index is 5.40. The average Bonchev–Trinajstić information content (AvgIpc) is 2.89. The first-order chi connectivity index (χ1) is 8.86. The van der Waals surface area contributed by atoms with E-state index in [0.717, 1.165) is 32.6 Å². The van der Waals surface area contributed by atoms with Crippen LogP contribution in [-0.2, 0) is 11.2 Å². The highest BCUT2D eigenvalue weighted by atomic mass is 32.1. The van der Waals surface area contributed by atoms with Crippen molar-refractivity contribution in [1.82, 2.24) is 10.7 Å². The van der Waals surface area contributed by atoms with E-state index in [1.165, 1.54) is 4.88 Å². The van der Waals surface area contributed by atoms with Crippen LogP contribution >= 0.6 is 11.3 Å². The third-order valence-corrected chi connectivity index (χ3v) is 3.24. The van der Waals surface area contributed by atoms with Gasteiger partial charge in [0.25, 0.3) is 0 Å². The molecule has 5 nitrogen and oxygen atoms in total. The topological polar surface area (TPSA) is 71.7 Å². The minimum Gasteiger partial charge on any atom is -0.382 e. The third kappa shape index (κ3) is 6.58. The summed E-state index contributed by atoms with van der Waals surface area (Å²) in [5, 5.41) is 5.26. The van der Waals surface area contributed by atoms with Gasteiger partial charge in [-0.15, -0.1) is 11.3 Å². The number of nitrogens with two attached hydrogens (primary N) is 1. The van der Waals surface area contributed by atoms with Crippen LogP contribution in [0.5, 0.6) is 0 Å². The largest absolute Gasteiger partial charge is 0.382 e. The predicted octanol–water partition coefficient (Wildman–Crippen LogP) is 1.13. The van der Waals surface area contributed by atoms with Gasteiger partial charge in [0.1, 0.15) is 0 Å². The number of ether oxygens (including phenoxy) is 1. The van der Waals surface area contributed by atoms with Crippen molar-refractivity contribution in [2.45, 2.75) is 19.8 Å². The predicted molar refractivity (Wildman–Crippen MR) is 76.8 cm³/mol. The number of hydrazine groups is 1. The molecule has 1 heterocycles. The molecule has 0 saturated heterocycles. The molecule has 0 spiro atoms. The summed E-state index contributed by atoms with van der Waals surface area (Å²) in [6.07, 6.45) is 1.89. The molecule has 6 heteroatoms. The fourth-order valence-electron chi connectivity index (χ4n) is 1.41. The lowest BCUT2D eigenvalue weighted by atomic mass is 10.3. The van der Waals surface area contributed by atoms with E-state index in [1.807, 2.05) is 6.92 Å². The molecule has 0 aliphatic rings. The average molecular weight is 270 g/mol. The van der Waals surface area contributed by atoms with E-state index in [9.17, 15) is 0 Å². The summed E-state index contributed by atoms with van der Waals surface area (Å²) >= 11 is 1.76. The number of hydrogen-bond acceptors (Lipinski definition) is 4. The molecule has 0 atom stereocenters. The Hall–Kier alpha value is -1.11. The number of hydrogen-bond donors (Lipinski definition) is 3. The highest BCUT2D eigenvalue weighted by Crippen LogP contribution is 2.07. The molecule has 0 aliphatic carbocycles. The zero-order valence-electron chi connectivity index (χ0n) is 10.8. The number of nitrogens with zero attached hydrogens (tertiary/aromatic N) is 1. The maximum Gasteiger partial charge on any atom is 0.205 e. The molecule has 1 rings (SSSR count). The molecule has 0 radical (unpaired) electrons. The van der Waals surface area contributed by atoms with Crippen LogP contribution in [0.25, 0.3) is 0 Å². The summed E-state index contributed by atoms with van der Waals surface area (Å²) in [6.45, 7) is 5.03. The van der Waals surface area contributed by atoms with Gasteiger partial charge < -0.3 is 10.1 Å². The molecule has 0 aromatic carbocycles. The van der Waals surface area contributed by atoms with Crippen LogP contribution < -0.4 is 16.6 Å². The summed E-state index contributed by atoms with van der Waals surface area (Å²) in [5.41, 5.74) is 2.57. The lowest BCUT2D eigenvalue weighted by Gasteiger charge is -2.08. The van der Waals surface area contributed by atoms with Crippen LogP contribution in [0.2, 0.25) is 0 Å². The Bertz CT molecular complexity index is 327. The van der Waals surface area contributed by atoms with Gasteiger partial charge in [0.2, 0.25) is 5.96 Å². The van der Waals surface area contributed by atoms with E-state index in [1.54, 1.807) is 11.3 Å². The van der Waals surface area contributed by atoms with Gasteiger partial charge in [-0.25, -0.2) is 5.84 Å². The summed E-state index contributed by atoms with van der Waals surface area (Å²) in [7, 11) is 0. The monoisotopic (exact) mass is 270 g/mol. The van der Waals surface area contributed by atoms with Gasteiger partial charge in [0.05, 0.1) is 0 Å². The van der Waals surface area contributed by atoms with Crippen molar-refractivity contribution in [3.05, 3.63) is 22.4 Å². The Morgan fingerprint density at radius 2 is 2.44 bits per heavy atom. The molecule has 0 fully saturated rings.